The Kier molecular flexibility index (Phi) is 5.08. The number of rotatable bonds is 5. The molecule has 3 N–H and O–H groups in total. The lowest BCUT2D eigenvalue weighted by Gasteiger charge is -2.29. The maximum absolute atomic E-state index is 13.1. The van der Waals surface area contributed by atoms with Crippen molar-refractivity contribution in [1.82, 2.24) is 4.98 Å². The molecule has 2 atom stereocenters. The molecule has 0 fully saturated rings. The summed E-state index contributed by atoms with van der Waals surface area (Å²) in [5, 5.41) is 0.399. The number of benzene rings is 1. The molecule has 0 saturated carbocycles. The van der Waals surface area contributed by atoms with Crippen molar-refractivity contribution in [2.45, 2.75) is 25.7 Å². The molecule has 138 valence electrons. The van der Waals surface area contributed by atoms with E-state index in [-0.39, 0.29) is 18.0 Å². The molecule has 3 rings (SSSR count). The number of methoxy groups -OCH3 is 1. The Morgan fingerprint density at radius 2 is 2.12 bits per heavy atom. The SMILES string of the molecule is CCOC(=O)c1ccc2[nH]c3c(c(=O)c2c1)CC(COC)CC3C(N)=O. The van der Waals surface area contributed by atoms with Crippen LogP contribution in [0.2, 0.25) is 0 Å². The van der Waals surface area contributed by atoms with E-state index < -0.39 is 17.8 Å². The molecule has 1 heterocycles. The van der Waals surface area contributed by atoms with Crippen molar-refractivity contribution >= 4 is 22.8 Å². The van der Waals surface area contributed by atoms with Gasteiger partial charge in [-0.2, -0.15) is 0 Å². The van der Waals surface area contributed by atoms with Gasteiger partial charge in [0.25, 0.3) is 0 Å². The van der Waals surface area contributed by atoms with Crippen molar-refractivity contribution in [2.75, 3.05) is 20.3 Å². The number of carbonyl (C=O) groups is 2. The highest BCUT2D eigenvalue weighted by atomic mass is 16.5. The third-order valence-electron chi connectivity index (χ3n) is 4.80. The van der Waals surface area contributed by atoms with E-state index in [1.165, 1.54) is 6.07 Å². The molecule has 2 aromatic rings. The second kappa shape index (κ2) is 7.29. The van der Waals surface area contributed by atoms with Gasteiger partial charge in [0.1, 0.15) is 0 Å². The molecule has 1 amide bonds. The van der Waals surface area contributed by atoms with Crippen molar-refractivity contribution in [3.8, 4) is 0 Å². The number of primary amides is 1. The number of amides is 1. The minimum Gasteiger partial charge on any atom is -0.462 e. The summed E-state index contributed by atoms with van der Waals surface area (Å²) in [5.41, 5.74) is 7.38. The van der Waals surface area contributed by atoms with Crippen LogP contribution in [0, 0.1) is 5.92 Å². The molecule has 0 radical (unpaired) electrons. The van der Waals surface area contributed by atoms with Gasteiger partial charge >= 0.3 is 5.97 Å². The van der Waals surface area contributed by atoms with Crippen LogP contribution >= 0.6 is 0 Å². The summed E-state index contributed by atoms with van der Waals surface area (Å²) in [4.78, 5) is 40.1. The third kappa shape index (κ3) is 3.22. The van der Waals surface area contributed by atoms with Gasteiger partial charge in [-0.3, -0.25) is 9.59 Å². The zero-order chi connectivity index (χ0) is 18.8. The highest BCUT2D eigenvalue weighted by molar-refractivity contribution is 5.95. The summed E-state index contributed by atoms with van der Waals surface area (Å²) >= 11 is 0. The molecule has 7 heteroatoms. The van der Waals surface area contributed by atoms with Crippen molar-refractivity contribution in [2.24, 2.45) is 11.7 Å². The third-order valence-corrected chi connectivity index (χ3v) is 4.80. The Balaban J connectivity index is 2.15. The van der Waals surface area contributed by atoms with Gasteiger partial charge in [-0.1, -0.05) is 0 Å². The van der Waals surface area contributed by atoms with E-state index in [4.69, 9.17) is 15.2 Å². The van der Waals surface area contributed by atoms with Crippen molar-refractivity contribution in [3.05, 3.63) is 45.2 Å². The molecule has 1 aliphatic carbocycles. The summed E-state index contributed by atoms with van der Waals surface area (Å²) < 4.78 is 10.2. The standard InChI is InChI=1S/C19H22N2O5/c1-3-26-19(24)11-4-5-15-12(8-11)17(22)13-6-10(9-25-2)7-14(18(20)23)16(13)21-15/h4-5,8,10,14H,3,6-7,9H2,1-2H3,(H2,20,23)(H,21,22). The van der Waals surface area contributed by atoms with Crippen LogP contribution in [0.1, 0.15) is 40.9 Å². The molecule has 0 bridgehead atoms. The van der Waals surface area contributed by atoms with Crippen LogP contribution in [0.4, 0.5) is 0 Å². The summed E-state index contributed by atoms with van der Waals surface area (Å²) in [6.45, 7) is 2.43. The first-order chi connectivity index (χ1) is 12.5. The number of H-pyrrole nitrogens is 1. The van der Waals surface area contributed by atoms with Gasteiger partial charge in [0.2, 0.25) is 5.91 Å². The fourth-order valence-electron chi connectivity index (χ4n) is 3.63. The monoisotopic (exact) mass is 358 g/mol. The number of hydrogen-bond acceptors (Lipinski definition) is 5. The van der Waals surface area contributed by atoms with Gasteiger partial charge in [-0.15, -0.1) is 0 Å². The van der Waals surface area contributed by atoms with Crippen LogP contribution in [0.5, 0.6) is 0 Å². The molecule has 0 saturated heterocycles. The quantitative estimate of drug-likeness (QED) is 0.787. The number of pyridine rings is 1. The first kappa shape index (κ1) is 18.1. The lowest BCUT2D eigenvalue weighted by Crippen LogP contribution is -2.34. The highest BCUT2D eigenvalue weighted by Crippen LogP contribution is 2.33. The zero-order valence-electron chi connectivity index (χ0n) is 14.8. The molecular weight excluding hydrogens is 336 g/mol. The Morgan fingerprint density at radius 1 is 1.35 bits per heavy atom. The van der Waals surface area contributed by atoms with E-state index >= 15 is 0 Å². The Morgan fingerprint density at radius 3 is 2.77 bits per heavy atom. The van der Waals surface area contributed by atoms with E-state index in [1.807, 2.05) is 0 Å². The van der Waals surface area contributed by atoms with Crippen molar-refractivity contribution in [3.63, 3.8) is 0 Å². The number of aromatic amines is 1. The zero-order valence-corrected chi connectivity index (χ0v) is 14.8. The van der Waals surface area contributed by atoms with Gasteiger partial charge in [0, 0.05) is 35.9 Å². The maximum atomic E-state index is 13.1. The molecule has 2 unspecified atom stereocenters. The van der Waals surface area contributed by atoms with E-state index in [9.17, 15) is 14.4 Å². The van der Waals surface area contributed by atoms with E-state index in [0.29, 0.717) is 47.2 Å². The van der Waals surface area contributed by atoms with E-state index in [2.05, 4.69) is 4.98 Å². The smallest absolute Gasteiger partial charge is 0.338 e. The predicted molar refractivity (Wildman–Crippen MR) is 96.1 cm³/mol. The molecule has 26 heavy (non-hydrogen) atoms. The summed E-state index contributed by atoms with van der Waals surface area (Å²) in [6, 6.07) is 4.78. The second-order valence-corrected chi connectivity index (χ2v) is 6.54. The van der Waals surface area contributed by atoms with Gasteiger partial charge in [-0.25, -0.2) is 4.79 Å². The summed E-state index contributed by atoms with van der Waals surface area (Å²) in [7, 11) is 1.59. The number of nitrogens with two attached hydrogens (primary N) is 1. The molecule has 0 aliphatic heterocycles. The van der Waals surface area contributed by atoms with Gasteiger partial charge in [-0.05, 0) is 43.9 Å². The summed E-state index contributed by atoms with van der Waals surface area (Å²) in [5.74, 6) is -1.46. The van der Waals surface area contributed by atoms with Crippen LogP contribution in [-0.2, 0) is 20.7 Å². The average Bonchev–Trinajstić information content (AvgIpc) is 2.62. The largest absolute Gasteiger partial charge is 0.462 e. The molecule has 1 aliphatic rings. The lowest BCUT2D eigenvalue weighted by atomic mass is 9.79. The minimum absolute atomic E-state index is 0.0387. The number of esters is 1. The number of carbonyl (C=O) groups excluding carboxylic acids is 2. The van der Waals surface area contributed by atoms with E-state index in [0.717, 1.165) is 0 Å². The molecular formula is C19H22N2O5. The van der Waals surface area contributed by atoms with Crippen LogP contribution in [0.25, 0.3) is 10.9 Å². The second-order valence-electron chi connectivity index (χ2n) is 6.54. The molecule has 1 aromatic carbocycles. The van der Waals surface area contributed by atoms with Gasteiger partial charge in [0.15, 0.2) is 5.43 Å². The number of ether oxygens (including phenoxy) is 2. The average molecular weight is 358 g/mol. The summed E-state index contributed by atoms with van der Waals surface area (Å²) in [6.07, 6.45) is 1.04. The Bertz CT molecular complexity index is 918. The maximum Gasteiger partial charge on any atom is 0.338 e. The number of hydrogen-bond donors (Lipinski definition) is 2. The van der Waals surface area contributed by atoms with Crippen LogP contribution < -0.4 is 11.2 Å². The number of nitrogens with one attached hydrogen (secondary N) is 1. The van der Waals surface area contributed by atoms with Crippen LogP contribution in [0.3, 0.4) is 0 Å². The van der Waals surface area contributed by atoms with E-state index in [1.54, 1.807) is 26.2 Å². The molecule has 0 spiro atoms. The first-order valence-electron chi connectivity index (χ1n) is 8.60. The van der Waals surface area contributed by atoms with Gasteiger partial charge in [0.05, 0.1) is 18.1 Å². The van der Waals surface area contributed by atoms with Crippen LogP contribution in [-0.4, -0.2) is 37.2 Å². The number of aromatic nitrogens is 1. The minimum atomic E-state index is -0.555. The highest BCUT2D eigenvalue weighted by Gasteiger charge is 2.33. The molecule has 7 nitrogen and oxygen atoms in total. The van der Waals surface area contributed by atoms with Gasteiger partial charge < -0.3 is 20.2 Å². The van der Waals surface area contributed by atoms with Crippen LogP contribution in [0.15, 0.2) is 23.0 Å². The topological polar surface area (TPSA) is 111 Å². The van der Waals surface area contributed by atoms with Crippen molar-refractivity contribution in [1.29, 1.82) is 0 Å². The lowest BCUT2D eigenvalue weighted by molar-refractivity contribution is -0.120. The number of fused-ring (bicyclic) bond motifs is 2. The fraction of sp³-hybridized carbons (Fsp3) is 0.421. The molecule has 1 aromatic heterocycles. The Labute approximate surface area is 150 Å². The first-order valence-corrected chi connectivity index (χ1v) is 8.60. The Hall–Kier alpha value is -2.67. The normalized spacial score (nSPS) is 19.2. The predicted octanol–water partition coefficient (Wildman–Crippen LogP) is 1.48. The van der Waals surface area contributed by atoms with Crippen molar-refractivity contribution < 1.29 is 19.1 Å². The fourth-order valence-corrected chi connectivity index (χ4v) is 3.63.